The first-order chi connectivity index (χ1) is 16.4. The van der Waals surface area contributed by atoms with Crippen LogP contribution in [0.15, 0.2) is 70.4 Å². The molecule has 34 heavy (non-hydrogen) atoms. The molecule has 9 nitrogen and oxygen atoms in total. The Balaban J connectivity index is 1.72. The van der Waals surface area contributed by atoms with Crippen molar-refractivity contribution in [2.45, 2.75) is 13.1 Å². The van der Waals surface area contributed by atoms with Crippen molar-refractivity contribution in [3.8, 4) is 11.5 Å². The van der Waals surface area contributed by atoms with Gasteiger partial charge in [0, 0.05) is 30.1 Å². The van der Waals surface area contributed by atoms with E-state index in [9.17, 15) is 18.8 Å². The van der Waals surface area contributed by atoms with Crippen molar-refractivity contribution in [1.29, 1.82) is 0 Å². The van der Waals surface area contributed by atoms with Gasteiger partial charge < -0.3 is 14.8 Å². The summed E-state index contributed by atoms with van der Waals surface area (Å²) in [5, 5.41) is 2.89. The van der Waals surface area contributed by atoms with Gasteiger partial charge in [-0.2, -0.15) is 0 Å². The second kappa shape index (κ2) is 9.57. The number of hydrogen-bond donors (Lipinski definition) is 1. The fraction of sp³-hybridized carbons (Fsp3) is 0.167. The van der Waals surface area contributed by atoms with E-state index in [1.165, 1.54) is 50.7 Å². The quantitative estimate of drug-likeness (QED) is 0.451. The minimum absolute atomic E-state index is 0.0858. The zero-order chi connectivity index (χ0) is 24.2. The largest absolute Gasteiger partial charge is 0.497 e. The molecular formula is C24H21FN4O5. The summed E-state index contributed by atoms with van der Waals surface area (Å²) in [5.74, 6) is 0.0111. The van der Waals surface area contributed by atoms with Crippen molar-refractivity contribution >= 4 is 22.6 Å². The molecule has 0 bridgehead atoms. The number of halogens is 1. The van der Waals surface area contributed by atoms with Gasteiger partial charge in [-0.05, 0) is 29.8 Å². The molecule has 0 radical (unpaired) electrons. The van der Waals surface area contributed by atoms with Crippen molar-refractivity contribution in [1.82, 2.24) is 14.1 Å². The predicted octanol–water partition coefficient (Wildman–Crippen LogP) is 2.40. The van der Waals surface area contributed by atoms with E-state index in [4.69, 9.17) is 9.47 Å². The minimum atomic E-state index is -0.709. The molecule has 4 rings (SSSR count). The molecule has 0 spiro atoms. The van der Waals surface area contributed by atoms with E-state index in [1.807, 2.05) is 0 Å². The molecule has 0 aliphatic rings. The number of carbonyl (C=O) groups excluding carboxylic acids is 1. The third-order valence-electron chi connectivity index (χ3n) is 5.17. The van der Waals surface area contributed by atoms with Crippen LogP contribution in [0.25, 0.3) is 11.0 Å². The number of carbonyl (C=O) groups is 1. The number of anilines is 1. The van der Waals surface area contributed by atoms with Crippen LogP contribution in [0.2, 0.25) is 0 Å². The molecule has 2 heterocycles. The third kappa shape index (κ3) is 4.65. The lowest BCUT2D eigenvalue weighted by Gasteiger charge is -2.14. The summed E-state index contributed by atoms with van der Waals surface area (Å²) in [7, 11) is 2.98. The lowest BCUT2D eigenvalue weighted by molar-refractivity contribution is -0.116. The molecule has 0 fully saturated rings. The lowest BCUT2D eigenvalue weighted by atomic mass is 10.2. The van der Waals surface area contributed by atoms with Gasteiger partial charge in [0.15, 0.2) is 0 Å². The van der Waals surface area contributed by atoms with Crippen LogP contribution in [-0.4, -0.2) is 34.2 Å². The number of rotatable bonds is 7. The maximum Gasteiger partial charge on any atom is 0.333 e. The van der Waals surface area contributed by atoms with E-state index >= 15 is 0 Å². The van der Waals surface area contributed by atoms with Crippen LogP contribution >= 0.6 is 0 Å². The number of benzene rings is 2. The Bertz CT molecular complexity index is 1460. The van der Waals surface area contributed by atoms with Crippen molar-refractivity contribution in [2.24, 2.45) is 0 Å². The number of nitrogens with zero attached hydrogens (tertiary/aromatic N) is 3. The summed E-state index contributed by atoms with van der Waals surface area (Å²) >= 11 is 0. The van der Waals surface area contributed by atoms with Gasteiger partial charge in [0.25, 0.3) is 5.56 Å². The van der Waals surface area contributed by atoms with Gasteiger partial charge in [-0.1, -0.05) is 12.1 Å². The second-order valence-electron chi connectivity index (χ2n) is 7.41. The van der Waals surface area contributed by atoms with Crippen LogP contribution in [0.4, 0.5) is 10.1 Å². The summed E-state index contributed by atoms with van der Waals surface area (Å²) < 4.78 is 25.8. The molecule has 174 valence electrons. The minimum Gasteiger partial charge on any atom is -0.497 e. The van der Waals surface area contributed by atoms with Crippen LogP contribution in [0.3, 0.4) is 0 Å². The average Bonchev–Trinajstić information content (AvgIpc) is 2.85. The molecule has 2 aromatic heterocycles. The number of hydrogen-bond acceptors (Lipinski definition) is 6. The van der Waals surface area contributed by atoms with E-state index in [0.717, 1.165) is 9.13 Å². The fourth-order valence-corrected chi connectivity index (χ4v) is 3.53. The monoisotopic (exact) mass is 464 g/mol. The molecule has 0 saturated heterocycles. The number of fused-ring (bicyclic) bond motifs is 1. The number of aromatic nitrogens is 3. The first-order valence-electron chi connectivity index (χ1n) is 10.3. The first kappa shape index (κ1) is 22.7. The summed E-state index contributed by atoms with van der Waals surface area (Å²) in [4.78, 5) is 43.3. The Morgan fingerprint density at radius 3 is 2.32 bits per heavy atom. The highest BCUT2D eigenvalue weighted by Gasteiger charge is 2.17. The zero-order valence-electron chi connectivity index (χ0n) is 18.4. The Morgan fingerprint density at radius 2 is 1.68 bits per heavy atom. The zero-order valence-corrected chi connectivity index (χ0v) is 18.4. The van der Waals surface area contributed by atoms with Crippen molar-refractivity contribution < 1.29 is 18.7 Å². The van der Waals surface area contributed by atoms with Crippen molar-refractivity contribution in [3.63, 3.8) is 0 Å². The summed E-state index contributed by atoms with van der Waals surface area (Å²) in [5.41, 5.74) is -0.203. The number of ether oxygens (including phenoxy) is 2. The lowest BCUT2D eigenvalue weighted by Crippen LogP contribution is -2.42. The Hall–Kier alpha value is -4.47. The van der Waals surface area contributed by atoms with Crippen molar-refractivity contribution in [2.75, 3.05) is 19.5 Å². The first-order valence-corrected chi connectivity index (χ1v) is 10.3. The highest BCUT2D eigenvalue weighted by atomic mass is 19.1. The van der Waals surface area contributed by atoms with Crippen molar-refractivity contribution in [3.05, 3.63) is 93.0 Å². The molecule has 0 unspecified atom stereocenters. The Kier molecular flexibility index (Phi) is 6.39. The van der Waals surface area contributed by atoms with Gasteiger partial charge in [0.1, 0.15) is 29.5 Å². The molecule has 4 aromatic rings. The van der Waals surface area contributed by atoms with Crippen LogP contribution in [0.1, 0.15) is 5.56 Å². The predicted molar refractivity (Wildman–Crippen MR) is 124 cm³/mol. The van der Waals surface area contributed by atoms with Gasteiger partial charge in [-0.3, -0.25) is 18.7 Å². The molecule has 10 heteroatoms. The maximum atomic E-state index is 13.3. The van der Waals surface area contributed by atoms with Gasteiger partial charge in [-0.15, -0.1) is 0 Å². The third-order valence-corrected chi connectivity index (χ3v) is 5.17. The number of amides is 1. The molecule has 1 amide bonds. The highest BCUT2D eigenvalue weighted by Crippen LogP contribution is 2.25. The molecule has 0 saturated carbocycles. The molecule has 0 aliphatic carbocycles. The van der Waals surface area contributed by atoms with E-state index in [-0.39, 0.29) is 17.6 Å². The highest BCUT2D eigenvalue weighted by molar-refractivity contribution is 5.91. The van der Waals surface area contributed by atoms with Crippen LogP contribution < -0.4 is 26.0 Å². The van der Waals surface area contributed by atoms with E-state index < -0.39 is 29.5 Å². The normalized spacial score (nSPS) is 10.8. The van der Waals surface area contributed by atoms with Gasteiger partial charge in [0.2, 0.25) is 5.91 Å². The van der Waals surface area contributed by atoms with Gasteiger partial charge in [-0.25, -0.2) is 14.2 Å². The van der Waals surface area contributed by atoms with E-state index in [1.54, 1.807) is 24.3 Å². The molecule has 0 aliphatic heterocycles. The van der Waals surface area contributed by atoms with Gasteiger partial charge in [0.05, 0.1) is 26.2 Å². The van der Waals surface area contributed by atoms with Gasteiger partial charge >= 0.3 is 5.69 Å². The van der Waals surface area contributed by atoms with E-state index in [2.05, 4.69) is 10.3 Å². The number of methoxy groups -OCH3 is 2. The van der Waals surface area contributed by atoms with Crippen LogP contribution in [0, 0.1) is 5.82 Å². The summed E-state index contributed by atoms with van der Waals surface area (Å²) in [6.07, 6.45) is 1.44. The van der Waals surface area contributed by atoms with E-state index in [0.29, 0.717) is 22.7 Å². The number of nitrogens with one attached hydrogen (secondary N) is 1. The maximum absolute atomic E-state index is 13.3. The molecule has 0 atom stereocenters. The molecular weight excluding hydrogens is 443 g/mol. The summed E-state index contributed by atoms with van der Waals surface area (Å²) in [6.45, 7) is -0.479. The Labute approximate surface area is 193 Å². The molecule has 2 aromatic carbocycles. The van der Waals surface area contributed by atoms with Crippen LogP contribution in [-0.2, 0) is 17.9 Å². The smallest absolute Gasteiger partial charge is 0.333 e. The van der Waals surface area contributed by atoms with Crippen LogP contribution in [0.5, 0.6) is 11.5 Å². The SMILES string of the molecule is COc1cc(NC(=O)Cn2c(=O)n(Cc3ccc(F)cc3)c(=O)c3cccnc32)cc(OC)c1. The average molecular weight is 464 g/mol. The summed E-state index contributed by atoms with van der Waals surface area (Å²) in [6, 6.07) is 13.4. The Morgan fingerprint density at radius 1 is 1.00 bits per heavy atom. The topological polar surface area (TPSA) is 104 Å². The second-order valence-corrected chi connectivity index (χ2v) is 7.41. The fourth-order valence-electron chi connectivity index (χ4n) is 3.53. The standard InChI is InChI=1S/C24H21FN4O5/c1-33-18-10-17(11-19(12-18)34-2)27-21(30)14-28-22-20(4-3-9-26-22)23(31)29(24(28)32)13-15-5-7-16(25)8-6-15/h3-12H,13-14H2,1-2H3,(H,27,30). The number of pyridine rings is 1. The molecule has 1 N–H and O–H groups in total.